The second-order valence-corrected chi connectivity index (χ2v) is 9.55. The molecule has 0 N–H and O–H groups in total. The number of benzene rings is 1. The second-order valence-electron chi connectivity index (χ2n) is 9.55. The Kier molecular flexibility index (Phi) is 8.08. The lowest BCUT2D eigenvalue weighted by molar-refractivity contribution is -0.147. The first-order valence-electron chi connectivity index (χ1n) is 10.4. The van der Waals surface area contributed by atoms with Gasteiger partial charge in [0.05, 0.1) is 6.42 Å². The first-order chi connectivity index (χ1) is 13.5. The van der Waals surface area contributed by atoms with Gasteiger partial charge in [0, 0.05) is 26.2 Å². The molecule has 1 aliphatic rings. The predicted molar refractivity (Wildman–Crippen MR) is 114 cm³/mol. The van der Waals surface area contributed by atoms with E-state index < -0.39 is 5.60 Å². The molecule has 1 saturated heterocycles. The van der Waals surface area contributed by atoms with Gasteiger partial charge in [0.25, 0.3) is 0 Å². The molecule has 1 fully saturated rings. The Hall–Kier alpha value is -2.08. The van der Waals surface area contributed by atoms with Gasteiger partial charge in [-0.05, 0) is 44.7 Å². The van der Waals surface area contributed by atoms with E-state index in [0.717, 1.165) is 31.6 Å². The minimum atomic E-state index is -0.465. The van der Waals surface area contributed by atoms with Crippen molar-refractivity contribution < 1.29 is 19.1 Å². The molecule has 29 heavy (non-hydrogen) atoms. The van der Waals surface area contributed by atoms with Crippen LogP contribution in [-0.2, 0) is 20.9 Å². The summed E-state index contributed by atoms with van der Waals surface area (Å²) < 4.78 is 10.9. The molecule has 2 rings (SSSR count). The van der Waals surface area contributed by atoms with E-state index in [2.05, 4.69) is 18.7 Å². The zero-order valence-electron chi connectivity index (χ0n) is 18.6. The second kappa shape index (κ2) is 10.1. The van der Waals surface area contributed by atoms with Gasteiger partial charge in [-0.25, -0.2) is 4.79 Å². The third-order valence-electron chi connectivity index (χ3n) is 4.99. The fourth-order valence-corrected chi connectivity index (χ4v) is 3.21. The fourth-order valence-electron chi connectivity index (χ4n) is 3.21. The standard InChI is InChI=1S/C23H36N2O4/c1-22(2,3)29-21(27)25-15-13-24(14-16-25)12-11-23(4,5)17-20(26)28-18-19-9-7-6-8-10-19/h6-10H,11-18H2,1-5H3. The Morgan fingerprint density at radius 3 is 2.17 bits per heavy atom. The Morgan fingerprint density at radius 2 is 1.59 bits per heavy atom. The summed E-state index contributed by atoms with van der Waals surface area (Å²) in [6.45, 7) is 14.1. The summed E-state index contributed by atoms with van der Waals surface area (Å²) in [5.41, 5.74) is 0.408. The van der Waals surface area contributed by atoms with Gasteiger partial charge in [-0.2, -0.15) is 0 Å². The van der Waals surface area contributed by atoms with E-state index in [1.54, 1.807) is 4.90 Å². The molecule has 0 radical (unpaired) electrons. The number of nitrogens with zero attached hydrogens (tertiary/aromatic N) is 2. The SMILES string of the molecule is CC(C)(CCN1CCN(C(=O)OC(C)(C)C)CC1)CC(=O)OCc1ccccc1. The maximum absolute atomic E-state index is 12.2. The molecule has 1 aliphatic heterocycles. The molecular weight excluding hydrogens is 368 g/mol. The van der Waals surface area contributed by atoms with Gasteiger partial charge in [-0.3, -0.25) is 9.69 Å². The minimum absolute atomic E-state index is 0.129. The molecule has 1 amide bonds. The summed E-state index contributed by atoms with van der Waals surface area (Å²) in [6.07, 6.45) is 1.07. The van der Waals surface area contributed by atoms with Crippen LogP contribution >= 0.6 is 0 Å². The highest BCUT2D eigenvalue weighted by atomic mass is 16.6. The largest absolute Gasteiger partial charge is 0.461 e. The average Bonchev–Trinajstić information content (AvgIpc) is 2.64. The highest BCUT2D eigenvalue weighted by Gasteiger charge is 2.28. The molecule has 1 heterocycles. The van der Waals surface area contributed by atoms with Crippen molar-refractivity contribution >= 4 is 12.1 Å². The molecular formula is C23H36N2O4. The van der Waals surface area contributed by atoms with E-state index in [0.29, 0.717) is 26.1 Å². The van der Waals surface area contributed by atoms with Crippen molar-refractivity contribution in [3.8, 4) is 0 Å². The molecule has 0 spiro atoms. The summed E-state index contributed by atoms with van der Waals surface area (Å²) in [6, 6.07) is 9.73. The van der Waals surface area contributed by atoms with Crippen molar-refractivity contribution in [2.24, 2.45) is 5.41 Å². The van der Waals surface area contributed by atoms with Crippen LogP contribution in [0.15, 0.2) is 30.3 Å². The van der Waals surface area contributed by atoms with Crippen molar-refractivity contribution in [3.05, 3.63) is 35.9 Å². The molecule has 0 aromatic heterocycles. The lowest BCUT2D eigenvalue weighted by Gasteiger charge is -2.37. The molecule has 6 heteroatoms. The third-order valence-corrected chi connectivity index (χ3v) is 4.99. The summed E-state index contributed by atoms with van der Waals surface area (Å²) in [5.74, 6) is -0.159. The van der Waals surface area contributed by atoms with Crippen LogP contribution in [-0.4, -0.2) is 60.2 Å². The third kappa shape index (κ3) is 8.86. The molecule has 162 valence electrons. The van der Waals surface area contributed by atoms with Crippen LogP contribution in [0, 0.1) is 5.41 Å². The van der Waals surface area contributed by atoms with Gasteiger partial charge >= 0.3 is 12.1 Å². The zero-order chi connectivity index (χ0) is 21.5. The van der Waals surface area contributed by atoms with E-state index >= 15 is 0 Å². The van der Waals surface area contributed by atoms with Crippen LogP contribution in [0.25, 0.3) is 0 Å². The van der Waals surface area contributed by atoms with Gasteiger partial charge in [0.2, 0.25) is 0 Å². The molecule has 1 aromatic carbocycles. The van der Waals surface area contributed by atoms with Crippen molar-refractivity contribution in [3.63, 3.8) is 0 Å². The summed E-state index contributed by atoms with van der Waals surface area (Å²) in [4.78, 5) is 28.5. The Balaban J connectivity index is 1.68. The smallest absolute Gasteiger partial charge is 0.410 e. The number of esters is 1. The number of rotatable bonds is 7. The first kappa shape index (κ1) is 23.2. The van der Waals surface area contributed by atoms with Gasteiger partial charge < -0.3 is 14.4 Å². The molecule has 0 saturated carbocycles. The minimum Gasteiger partial charge on any atom is -0.461 e. The van der Waals surface area contributed by atoms with Crippen LogP contribution < -0.4 is 0 Å². The number of ether oxygens (including phenoxy) is 2. The summed E-state index contributed by atoms with van der Waals surface area (Å²) in [7, 11) is 0. The van der Waals surface area contributed by atoms with Crippen LogP contribution in [0.1, 0.15) is 53.0 Å². The molecule has 6 nitrogen and oxygen atoms in total. The van der Waals surface area contributed by atoms with Crippen LogP contribution in [0.2, 0.25) is 0 Å². The predicted octanol–water partition coefficient (Wildman–Crippen LogP) is 4.09. The highest BCUT2D eigenvalue weighted by molar-refractivity contribution is 5.70. The topological polar surface area (TPSA) is 59.1 Å². The van der Waals surface area contributed by atoms with E-state index in [1.807, 2.05) is 51.1 Å². The van der Waals surface area contributed by atoms with Gasteiger partial charge in [0.1, 0.15) is 12.2 Å². The van der Waals surface area contributed by atoms with Gasteiger partial charge in [0.15, 0.2) is 0 Å². The van der Waals surface area contributed by atoms with Gasteiger partial charge in [-0.1, -0.05) is 44.2 Å². The highest BCUT2D eigenvalue weighted by Crippen LogP contribution is 2.26. The van der Waals surface area contributed by atoms with Gasteiger partial charge in [-0.15, -0.1) is 0 Å². The maximum Gasteiger partial charge on any atom is 0.410 e. The first-order valence-corrected chi connectivity index (χ1v) is 10.4. The fraction of sp³-hybridized carbons (Fsp3) is 0.652. The number of piperazine rings is 1. The Morgan fingerprint density at radius 1 is 0.966 bits per heavy atom. The lowest BCUT2D eigenvalue weighted by Crippen LogP contribution is -2.50. The zero-order valence-corrected chi connectivity index (χ0v) is 18.6. The van der Waals surface area contributed by atoms with E-state index in [-0.39, 0.29) is 17.5 Å². The van der Waals surface area contributed by atoms with Crippen molar-refractivity contribution in [2.75, 3.05) is 32.7 Å². The number of amides is 1. The van der Waals surface area contributed by atoms with Crippen molar-refractivity contribution in [1.29, 1.82) is 0 Å². The molecule has 0 bridgehead atoms. The Bertz CT molecular complexity index is 659. The van der Waals surface area contributed by atoms with Crippen molar-refractivity contribution in [2.45, 2.75) is 59.7 Å². The van der Waals surface area contributed by atoms with E-state index in [4.69, 9.17) is 9.47 Å². The number of carbonyl (C=O) groups is 2. The van der Waals surface area contributed by atoms with Crippen molar-refractivity contribution in [1.82, 2.24) is 9.80 Å². The lowest BCUT2D eigenvalue weighted by atomic mass is 9.85. The Labute approximate surface area is 175 Å². The summed E-state index contributed by atoms with van der Waals surface area (Å²) >= 11 is 0. The van der Waals surface area contributed by atoms with E-state index in [9.17, 15) is 9.59 Å². The molecule has 0 unspecified atom stereocenters. The van der Waals surface area contributed by atoms with Crippen LogP contribution in [0.5, 0.6) is 0 Å². The molecule has 0 aliphatic carbocycles. The van der Waals surface area contributed by atoms with E-state index in [1.165, 1.54) is 0 Å². The number of hydrogen-bond acceptors (Lipinski definition) is 5. The molecule has 1 aromatic rings. The quantitative estimate of drug-likeness (QED) is 0.641. The average molecular weight is 405 g/mol. The maximum atomic E-state index is 12.2. The molecule has 0 atom stereocenters. The normalized spacial score (nSPS) is 15.8. The van der Waals surface area contributed by atoms with Crippen LogP contribution in [0.4, 0.5) is 4.79 Å². The number of hydrogen-bond donors (Lipinski definition) is 0. The monoisotopic (exact) mass is 404 g/mol. The summed E-state index contributed by atoms with van der Waals surface area (Å²) in [5, 5.41) is 0. The number of carbonyl (C=O) groups excluding carboxylic acids is 2. The van der Waals surface area contributed by atoms with Crippen LogP contribution in [0.3, 0.4) is 0 Å².